The highest BCUT2D eigenvalue weighted by Crippen LogP contribution is 2.35. The molecule has 1 amide bonds. The molecule has 0 saturated carbocycles. The SMILES string of the molecule is COc1cccc(C(=O)Nc2ccc(N3CCN(Cc4ccc(C#N)[nH]4)CC3)cc2)c1-c1ccc(C(C)C)cc1. The van der Waals surface area contributed by atoms with Gasteiger partial charge in [-0.3, -0.25) is 9.69 Å². The highest BCUT2D eigenvalue weighted by Gasteiger charge is 2.20. The summed E-state index contributed by atoms with van der Waals surface area (Å²) < 4.78 is 5.64. The van der Waals surface area contributed by atoms with E-state index in [-0.39, 0.29) is 5.91 Å². The fourth-order valence-corrected chi connectivity index (χ4v) is 5.18. The first-order chi connectivity index (χ1) is 19.4. The second-order valence-electron chi connectivity index (χ2n) is 10.4. The van der Waals surface area contributed by atoms with E-state index in [9.17, 15) is 4.79 Å². The number of nitriles is 1. The number of nitrogens with zero attached hydrogens (tertiary/aromatic N) is 3. The average molecular weight is 534 g/mol. The van der Waals surface area contributed by atoms with Crippen LogP contribution < -0.4 is 15.0 Å². The van der Waals surface area contributed by atoms with Crippen molar-refractivity contribution >= 4 is 17.3 Å². The molecule has 1 fully saturated rings. The Kier molecular flexibility index (Phi) is 8.18. The molecule has 40 heavy (non-hydrogen) atoms. The molecule has 3 aromatic carbocycles. The minimum Gasteiger partial charge on any atom is -0.496 e. The van der Waals surface area contributed by atoms with Crippen LogP contribution in [0.15, 0.2) is 78.9 Å². The van der Waals surface area contributed by atoms with Crippen LogP contribution in [0.2, 0.25) is 0 Å². The maximum absolute atomic E-state index is 13.4. The summed E-state index contributed by atoms with van der Waals surface area (Å²) in [5.74, 6) is 0.928. The Balaban J connectivity index is 1.24. The zero-order chi connectivity index (χ0) is 28.1. The number of methoxy groups -OCH3 is 1. The topological polar surface area (TPSA) is 84.4 Å². The highest BCUT2D eigenvalue weighted by molar-refractivity contribution is 6.09. The number of ether oxygens (including phenoxy) is 1. The molecule has 1 aliphatic heterocycles. The van der Waals surface area contributed by atoms with E-state index in [1.54, 1.807) is 7.11 Å². The smallest absolute Gasteiger partial charge is 0.256 e. The molecule has 0 bridgehead atoms. The van der Waals surface area contributed by atoms with Crippen LogP contribution in [0.4, 0.5) is 11.4 Å². The van der Waals surface area contributed by atoms with Crippen LogP contribution in [0.1, 0.15) is 47.1 Å². The third kappa shape index (κ3) is 6.03. The summed E-state index contributed by atoms with van der Waals surface area (Å²) in [6.45, 7) is 8.86. The number of anilines is 2. The molecule has 0 spiro atoms. The fourth-order valence-electron chi connectivity index (χ4n) is 5.18. The molecule has 7 heteroatoms. The number of aromatic amines is 1. The van der Waals surface area contributed by atoms with Gasteiger partial charge in [0.1, 0.15) is 17.5 Å². The maximum Gasteiger partial charge on any atom is 0.256 e. The second-order valence-corrected chi connectivity index (χ2v) is 10.4. The number of nitrogens with one attached hydrogen (secondary N) is 2. The van der Waals surface area contributed by atoms with E-state index in [2.05, 4.69) is 76.4 Å². The molecule has 0 radical (unpaired) electrons. The van der Waals surface area contributed by atoms with Crippen molar-refractivity contribution in [2.75, 3.05) is 43.5 Å². The van der Waals surface area contributed by atoms with E-state index in [0.29, 0.717) is 22.9 Å². The molecule has 1 aromatic heterocycles. The molecule has 2 N–H and O–H groups in total. The number of piperazine rings is 1. The van der Waals surface area contributed by atoms with Gasteiger partial charge in [0.25, 0.3) is 5.91 Å². The van der Waals surface area contributed by atoms with Crippen LogP contribution >= 0.6 is 0 Å². The van der Waals surface area contributed by atoms with E-state index in [1.165, 1.54) is 5.56 Å². The van der Waals surface area contributed by atoms with Crippen molar-refractivity contribution in [1.29, 1.82) is 5.26 Å². The minimum absolute atomic E-state index is 0.174. The van der Waals surface area contributed by atoms with Gasteiger partial charge in [-0.15, -0.1) is 0 Å². The van der Waals surface area contributed by atoms with Crippen LogP contribution in [0.5, 0.6) is 5.75 Å². The summed E-state index contributed by atoms with van der Waals surface area (Å²) in [6.07, 6.45) is 0. The van der Waals surface area contributed by atoms with Crippen molar-refractivity contribution in [1.82, 2.24) is 9.88 Å². The van der Waals surface area contributed by atoms with Crippen LogP contribution in [-0.4, -0.2) is 49.1 Å². The Morgan fingerprint density at radius 2 is 1.70 bits per heavy atom. The Labute approximate surface area is 236 Å². The van der Waals surface area contributed by atoms with Crippen molar-refractivity contribution in [2.45, 2.75) is 26.3 Å². The van der Waals surface area contributed by atoms with Crippen LogP contribution in [-0.2, 0) is 6.54 Å². The first kappa shape index (κ1) is 27.0. The van der Waals surface area contributed by atoms with E-state index >= 15 is 0 Å². The van der Waals surface area contributed by atoms with Crippen LogP contribution in [0.25, 0.3) is 11.1 Å². The van der Waals surface area contributed by atoms with Crippen molar-refractivity contribution in [3.8, 4) is 22.9 Å². The predicted molar refractivity (Wildman–Crippen MR) is 160 cm³/mol. The average Bonchev–Trinajstić information content (AvgIpc) is 3.45. The van der Waals surface area contributed by atoms with Crippen molar-refractivity contribution in [2.24, 2.45) is 0 Å². The lowest BCUT2D eigenvalue weighted by Crippen LogP contribution is -2.46. The summed E-state index contributed by atoms with van der Waals surface area (Å²) in [5.41, 5.74) is 7.11. The van der Waals surface area contributed by atoms with Crippen LogP contribution in [0.3, 0.4) is 0 Å². The standard InChI is InChI=1S/C33H35N5O2/c1-23(2)24-7-9-25(10-8-24)32-30(5-4-6-31(32)40-3)33(39)36-26-13-15-29(16-14-26)38-19-17-37(18-20-38)22-28-12-11-27(21-34)35-28/h4-16,23,35H,17-20,22H2,1-3H3,(H,36,39). The highest BCUT2D eigenvalue weighted by atomic mass is 16.5. The molecule has 1 aliphatic rings. The van der Waals surface area contributed by atoms with Gasteiger partial charge in [-0.2, -0.15) is 5.26 Å². The fraction of sp³-hybridized carbons (Fsp3) is 0.273. The summed E-state index contributed by atoms with van der Waals surface area (Å²) in [4.78, 5) is 21.3. The van der Waals surface area contributed by atoms with Gasteiger partial charge in [0.15, 0.2) is 0 Å². The molecule has 4 aromatic rings. The zero-order valence-corrected chi connectivity index (χ0v) is 23.3. The Hall–Kier alpha value is -4.54. The molecule has 7 nitrogen and oxygen atoms in total. The van der Waals surface area contributed by atoms with E-state index in [4.69, 9.17) is 10.00 Å². The normalized spacial score (nSPS) is 13.7. The molecular weight excluding hydrogens is 498 g/mol. The van der Waals surface area contributed by atoms with Gasteiger partial charge in [-0.05, 0) is 65.6 Å². The zero-order valence-electron chi connectivity index (χ0n) is 23.3. The van der Waals surface area contributed by atoms with Gasteiger partial charge in [0.2, 0.25) is 0 Å². The van der Waals surface area contributed by atoms with E-state index in [1.807, 2.05) is 42.5 Å². The number of hydrogen-bond acceptors (Lipinski definition) is 5. The number of rotatable bonds is 8. The van der Waals surface area contributed by atoms with Gasteiger partial charge in [-0.25, -0.2) is 0 Å². The maximum atomic E-state index is 13.4. The quantitative estimate of drug-likeness (QED) is 0.279. The number of hydrogen-bond donors (Lipinski definition) is 2. The van der Waals surface area contributed by atoms with Gasteiger partial charge in [0, 0.05) is 55.4 Å². The second kappa shape index (κ2) is 12.1. The molecule has 2 heterocycles. The lowest BCUT2D eigenvalue weighted by Gasteiger charge is -2.36. The molecule has 5 rings (SSSR count). The van der Waals surface area contributed by atoms with E-state index < -0.39 is 0 Å². The lowest BCUT2D eigenvalue weighted by atomic mass is 9.95. The summed E-state index contributed by atoms with van der Waals surface area (Å²) >= 11 is 0. The van der Waals surface area contributed by atoms with Gasteiger partial charge in [-0.1, -0.05) is 44.2 Å². The van der Waals surface area contributed by atoms with Gasteiger partial charge >= 0.3 is 0 Å². The predicted octanol–water partition coefficient (Wildman–Crippen LogP) is 6.26. The molecule has 204 valence electrons. The molecule has 0 unspecified atom stereocenters. The summed E-state index contributed by atoms with van der Waals surface area (Å²) in [5, 5.41) is 12.1. The number of amides is 1. The monoisotopic (exact) mass is 533 g/mol. The summed E-state index contributed by atoms with van der Waals surface area (Å²) in [7, 11) is 1.63. The third-order valence-corrected chi connectivity index (χ3v) is 7.48. The lowest BCUT2D eigenvalue weighted by molar-refractivity contribution is 0.102. The van der Waals surface area contributed by atoms with Crippen molar-refractivity contribution < 1.29 is 9.53 Å². The van der Waals surface area contributed by atoms with E-state index in [0.717, 1.165) is 60.9 Å². The van der Waals surface area contributed by atoms with Gasteiger partial charge in [0.05, 0.1) is 12.7 Å². The number of aromatic nitrogens is 1. The van der Waals surface area contributed by atoms with Crippen molar-refractivity contribution in [3.05, 3.63) is 101 Å². The number of benzene rings is 3. The van der Waals surface area contributed by atoms with Crippen molar-refractivity contribution in [3.63, 3.8) is 0 Å². The summed E-state index contributed by atoms with van der Waals surface area (Å²) in [6, 6.07) is 27.9. The number of H-pyrrole nitrogens is 1. The largest absolute Gasteiger partial charge is 0.496 e. The number of carbonyl (C=O) groups is 1. The Morgan fingerprint density at radius 1 is 0.975 bits per heavy atom. The third-order valence-electron chi connectivity index (χ3n) is 7.48. The molecule has 0 atom stereocenters. The van der Waals surface area contributed by atoms with Gasteiger partial charge < -0.3 is 19.9 Å². The molecule has 1 saturated heterocycles. The number of carbonyl (C=O) groups excluding carboxylic acids is 1. The minimum atomic E-state index is -0.174. The molecule has 0 aliphatic carbocycles. The molecular formula is C33H35N5O2. The first-order valence-electron chi connectivity index (χ1n) is 13.7. The van der Waals surface area contributed by atoms with Crippen LogP contribution in [0, 0.1) is 11.3 Å². The first-order valence-corrected chi connectivity index (χ1v) is 13.7. The Morgan fingerprint density at radius 3 is 2.33 bits per heavy atom. The Bertz CT molecular complexity index is 1490.